The van der Waals surface area contributed by atoms with Crippen LogP contribution in [0.5, 0.6) is 0 Å². The summed E-state index contributed by atoms with van der Waals surface area (Å²) < 4.78 is 16.4. The molecule has 0 bridgehead atoms. The van der Waals surface area contributed by atoms with E-state index < -0.39 is 11.7 Å². The number of anilines is 2. The minimum absolute atomic E-state index is 0.202. The van der Waals surface area contributed by atoms with Crippen molar-refractivity contribution in [1.29, 1.82) is 0 Å². The van der Waals surface area contributed by atoms with Crippen molar-refractivity contribution in [3.8, 4) is 0 Å². The number of aryl methyl sites for hydroxylation is 1. The van der Waals surface area contributed by atoms with Crippen molar-refractivity contribution < 1.29 is 9.18 Å². The van der Waals surface area contributed by atoms with Crippen molar-refractivity contribution >= 4 is 40.0 Å². The zero-order valence-corrected chi connectivity index (χ0v) is 26.0. The quantitative estimate of drug-likeness (QED) is 0.170. The summed E-state index contributed by atoms with van der Waals surface area (Å²) in [6.45, 7) is 5.11. The highest BCUT2D eigenvalue weighted by Crippen LogP contribution is 2.37. The molecule has 0 aliphatic carbocycles. The average molecular weight is 625 g/mol. The molecule has 2 N–H and O–H groups in total. The van der Waals surface area contributed by atoms with Gasteiger partial charge in [-0.05, 0) is 67.7 Å². The van der Waals surface area contributed by atoms with E-state index in [0.717, 1.165) is 42.2 Å². The Labute approximate surface area is 265 Å². The van der Waals surface area contributed by atoms with Gasteiger partial charge in [0.1, 0.15) is 5.82 Å². The van der Waals surface area contributed by atoms with Gasteiger partial charge in [-0.15, -0.1) is 0 Å². The molecule has 0 atom stereocenters. The number of likely N-dealkylation sites (tertiary alicyclic amines) is 1. The first-order valence-electron chi connectivity index (χ1n) is 14.6. The molecule has 1 fully saturated rings. The van der Waals surface area contributed by atoms with Crippen molar-refractivity contribution in [2.24, 2.45) is 0 Å². The number of aromatic nitrogens is 3. The second-order valence-corrected chi connectivity index (χ2v) is 13.4. The van der Waals surface area contributed by atoms with Crippen LogP contribution in [0.25, 0.3) is 0 Å². The van der Waals surface area contributed by atoms with Gasteiger partial charge in [-0.3, -0.25) is 9.69 Å². The molecule has 6 rings (SSSR count). The molecular formula is C34H33FN6OS2. The second-order valence-electron chi connectivity index (χ2n) is 11.0. The van der Waals surface area contributed by atoms with Crippen LogP contribution in [0, 0.1) is 12.7 Å². The number of nitrogens with one attached hydrogen (secondary N) is 2. The highest BCUT2D eigenvalue weighted by molar-refractivity contribution is 8.01. The molecule has 0 spiro atoms. The normalized spacial score (nSPS) is 14.7. The van der Waals surface area contributed by atoms with Gasteiger partial charge in [0.15, 0.2) is 16.6 Å². The summed E-state index contributed by atoms with van der Waals surface area (Å²) in [5.41, 5.74) is 3.12. The summed E-state index contributed by atoms with van der Waals surface area (Å²) >= 11 is 2.61. The number of hydrogen-bond donors (Lipinski definition) is 2. The van der Waals surface area contributed by atoms with Gasteiger partial charge in [0.05, 0.1) is 15.3 Å². The third-order valence-corrected chi connectivity index (χ3v) is 10.00. The van der Waals surface area contributed by atoms with Crippen molar-refractivity contribution in [2.45, 2.75) is 40.8 Å². The van der Waals surface area contributed by atoms with Gasteiger partial charge in [-0.1, -0.05) is 83.8 Å². The molecule has 5 aromatic rings. The van der Waals surface area contributed by atoms with Crippen molar-refractivity contribution in [1.82, 2.24) is 25.2 Å². The van der Waals surface area contributed by atoms with Crippen LogP contribution in [0.3, 0.4) is 0 Å². The number of nitrogens with zero attached hydrogens (tertiary/aromatic N) is 4. The molecule has 10 heteroatoms. The molecule has 2 aromatic carbocycles. The number of pyridine rings is 2. The third-order valence-electron chi connectivity index (χ3n) is 7.95. The maximum atomic E-state index is 15.7. The summed E-state index contributed by atoms with van der Waals surface area (Å²) in [5.74, 6) is -0.450. The fraction of sp³-hybridized carbons (Fsp3) is 0.235. The lowest BCUT2D eigenvalue weighted by Crippen LogP contribution is -2.49. The monoisotopic (exact) mass is 624 g/mol. The van der Waals surface area contributed by atoms with Crippen LogP contribution in [-0.4, -0.2) is 45.4 Å². The van der Waals surface area contributed by atoms with E-state index >= 15 is 4.39 Å². The largest absolute Gasteiger partial charge is 0.350 e. The second kappa shape index (κ2) is 13.7. The van der Waals surface area contributed by atoms with Crippen LogP contribution in [0.2, 0.25) is 0 Å². The molecule has 3 aromatic heterocycles. The highest BCUT2D eigenvalue weighted by Gasteiger charge is 2.37. The van der Waals surface area contributed by atoms with Gasteiger partial charge in [0.25, 0.3) is 5.91 Å². The summed E-state index contributed by atoms with van der Waals surface area (Å²) in [4.78, 5) is 29.0. The average Bonchev–Trinajstić information content (AvgIpc) is 3.49. The summed E-state index contributed by atoms with van der Waals surface area (Å²) in [7, 11) is 0. The van der Waals surface area contributed by atoms with Crippen LogP contribution in [0.4, 0.5) is 15.3 Å². The molecule has 224 valence electrons. The van der Waals surface area contributed by atoms with Gasteiger partial charge in [0.2, 0.25) is 0 Å². The SMILES string of the molecule is Cc1ccnc(Nc2ncc(Sc3ccnc(C(=O)NCC4(c5ccccc5)CCN(Cc5ccccc5)CC4)c3F)s2)c1. The van der Waals surface area contributed by atoms with Crippen molar-refractivity contribution in [3.05, 3.63) is 126 Å². The summed E-state index contributed by atoms with van der Waals surface area (Å²) in [6.07, 6.45) is 6.66. The van der Waals surface area contributed by atoms with Gasteiger partial charge in [0, 0.05) is 30.9 Å². The smallest absolute Gasteiger partial charge is 0.273 e. The van der Waals surface area contributed by atoms with E-state index in [9.17, 15) is 4.79 Å². The number of halogens is 1. The van der Waals surface area contributed by atoms with E-state index in [1.807, 2.05) is 43.3 Å². The Kier molecular flexibility index (Phi) is 9.30. The Morgan fingerprint density at radius 2 is 1.70 bits per heavy atom. The minimum atomic E-state index is -0.635. The molecule has 1 amide bonds. The lowest BCUT2D eigenvalue weighted by atomic mass is 9.72. The topological polar surface area (TPSA) is 83.0 Å². The molecule has 0 saturated carbocycles. The standard InChI is InChI=1S/C34H33FN6OS2/c1-24-12-16-36-28(20-24)40-33-38-21-29(44-33)43-27-13-17-37-31(30(27)35)32(42)39-23-34(26-10-6-3-7-11-26)14-18-41(19-15-34)22-25-8-4-2-5-9-25/h2-13,16-17,20-21H,14-15,18-19,22-23H2,1H3,(H,39,42)(H,36,38,40). The molecule has 0 unspecified atom stereocenters. The minimum Gasteiger partial charge on any atom is -0.350 e. The fourth-order valence-electron chi connectivity index (χ4n) is 5.52. The molecule has 1 aliphatic rings. The molecule has 0 radical (unpaired) electrons. The number of benzene rings is 2. The maximum Gasteiger partial charge on any atom is 0.273 e. The van der Waals surface area contributed by atoms with Crippen LogP contribution in [0.15, 0.2) is 107 Å². The predicted octanol–water partition coefficient (Wildman–Crippen LogP) is 7.24. The number of thiazole rings is 1. The lowest BCUT2D eigenvalue weighted by Gasteiger charge is -2.42. The van der Waals surface area contributed by atoms with E-state index in [2.05, 4.69) is 66.9 Å². The highest BCUT2D eigenvalue weighted by atomic mass is 32.2. The third kappa shape index (κ3) is 7.15. The van der Waals surface area contributed by atoms with Gasteiger partial charge >= 0.3 is 0 Å². The molecular weight excluding hydrogens is 592 g/mol. The number of rotatable bonds is 10. The summed E-state index contributed by atoms with van der Waals surface area (Å²) in [6, 6.07) is 26.2. The van der Waals surface area contributed by atoms with Crippen LogP contribution in [0.1, 0.15) is 40.0 Å². The van der Waals surface area contributed by atoms with Crippen LogP contribution in [-0.2, 0) is 12.0 Å². The Hall–Kier alpha value is -4.12. The Morgan fingerprint density at radius 1 is 0.977 bits per heavy atom. The number of piperidine rings is 1. The molecule has 1 saturated heterocycles. The first-order valence-corrected chi connectivity index (χ1v) is 16.2. The Balaban J connectivity index is 1.12. The van der Waals surface area contributed by atoms with Crippen molar-refractivity contribution in [2.75, 3.05) is 25.0 Å². The zero-order valence-electron chi connectivity index (χ0n) is 24.4. The number of carbonyl (C=O) groups excluding carboxylic acids is 1. The number of amides is 1. The Morgan fingerprint density at radius 3 is 2.45 bits per heavy atom. The van der Waals surface area contributed by atoms with E-state index in [0.29, 0.717) is 22.4 Å². The number of carbonyl (C=O) groups is 1. The molecule has 7 nitrogen and oxygen atoms in total. The molecule has 44 heavy (non-hydrogen) atoms. The van der Waals surface area contributed by atoms with Crippen LogP contribution >= 0.6 is 23.1 Å². The van der Waals surface area contributed by atoms with Crippen molar-refractivity contribution in [3.63, 3.8) is 0 Å². The van der Waals surface area contributed by atoms with Gasteiger partial charge < -0.3 is 10.6 Å². The van der Waals surface area contributed by atoms with E-state index in [1.54, 1.807) is 18.5 Å². The first kappa shape index (κ1) is 29.9. The maximum absolute atomic E-state index is 15.7. The molecule has 4 heterocycles. The van der Waals surface area contributed by atoms with Crippen LogP contribution < -0.4 is 10.6 Å². The van der Waals surface area contributed by atoms with E-state index in [-0.39, 0.29) is 11.1 Å². The van der Waals surface area contributed by atoms with Gasteiger partial charge in [-0.2, -0.15) is 0 Å². The van der Waals surface area contributed by atoms with Gasteiger partial charge in [-0.25, -0.2) is 19.3 Å². The predicted molar refractivity (Wildman–Crippen MR) is 174 cm³/mol. The van der Waals surface area contributed by atoms with E-state index in [4.69, 9.17) is 0 Å². The summed E-state index contributed by atoms with van der Waals surface area (Å²) in [5, 5.41) is 6.88. The van der Waals surface area contributed by atoms with E-state index in [1.165, 1.54) is 40.4 Å². The first-order chi connectivity index (χ1) is 21.5. The lowest BCUT2D eigenvalue weighted by molar-refractivity contribution is 0.0909. The zero-order chi connectivity index (χ0) is 30.4. The molecule has 1 aliphatic heterocycles. The fourth-order valence-corrected chi connectivity index (χ4v) is 7.39. The number of hydrogen-bond acceptors (Lipinski definition) is 8. The Bertz CT molecular complexity index is 1710.